The fourth-order valence-electron chi connectivity index (χ4n) is 4.99. The largest absolute Gasteiger partial charge is 0.395 e. The lowest BCUT2D eigenvalue weighted by molar-refractivity contribution is -0.140. The second-order valence-corrected chi connectivity index (χ2v) is 6.75. The molecule has 1 saturated carbocycles. The summed E-state index contributed by atoms with van der Waals surface area (Å²) in [4.78, 5) is 52.6. The van der Waals surface area contributed by atoms with Gasteiger partial charge in [0.05, 0.1) is 50.0 Å². The van der Waals surface area contributed by atoms with Crippen molar-refractivity contribution < 1.29 is 29.4 Å². The van der Waals surface area contributed by atoms with Gasteiger partial charge >= 0.3 is 0 Å². The van der Waals surface area contributed by atoms with E-state index in [4.69, 9.17) is 10.2 Å². The molecule has 24 heavy (non-hydrogen) atoms. The maximum absolute atomic E-state index is 12.6. The van der Waals surface area contributed by atoms with Crippen molar-refractivity contribution in [3.8, 4) is 0 Å². The maximum Gasteiger partial charge on any atom is 0.233 e. The lowest BCUT2D eigenvalue weighted by Gasteiger charge is -2.44. The molecule has 0 aromatic carbocycles. The number of aliphatic hydroxyl groups excluding tert-OH is 2. The average Bonchev–Trinajstić information content (AvgIpc) is 2.99. The minimum Gasteiger partial charge on any atom is -0.395 e. The number of nitrogens with zero attached hydrogens (tertiary/aromatic N) is 2. The van der Waals surface area contributed by atoms with Crippen LogP contribution in [0.25, 0.3) is 0 Å². The minimum absolute atomic E-state index is 0.0576. The summed E-state index contributed by atoms with van der Waals surface area (Å²) in [5.41, 5.74) is 0. The number of aliphatic hydroxyl groups is 2. The Labute approximate surface area is 137 Å². The lowest BCUT2D eigenvalue weighted by Crippen LogP contribution is -2.50. The van der Waals surface area contributed by atoms with Gasteiger partial charge in [-0.1, -0.05) is 12.2 Å². The maximum atomic E-state index is 12.6. The highest BCUT2D eigenvalue weighted by atomic mass is 16.3. The fourth-order valence-corrected chi connectivity index (χ4v) is 4.99. The average molecular weight is 334 g/mol. The van der Waals surface area contributed by atoms with Crippen molar-refractivity contribution in [3.05, 3.63) is 12.2 Å². The van der Waals surface area contributed by atoms with Crippen LogP contribution in [-0.2, 0) is 19.2 Å². The van der Waals surface area contributed by atoms with Gasteiger partial charge in [0.2, 0.25) is 23.6 Å². The Hall–Kier alpha value is -2.06. The number of hydrogen-bond donors (Lipinski definition) is 2. The van der Waals surface area contributed by atoms with E-state index in [0.29, 0.717) is 0 Å². The molecule has 0 aromatic rings. The highest BCUT2D eigenvalue weighted by Crippen LogP contribution is 2.57. The van der Waals surface area contributed by atoms with E-state index in [2.05, 4.69) is 0 Å². The van der Waals surface area contributed by atoms with Crippen LogP contribution in [0, 0.1) is 35.5 Å². The number of imide groups is 2. The second kappa shape index (κ2) is 5.22. The molecule has 2 unspecified atom stereocenters. The lowest BCUT2D eigenvalue weighted by atomic mass is 9.54. The van der Waals surface area contributed by atoms with Gasteiger partial charge in [0, 0.05) is 11.8 Å². The molecule has 8 heteroatoms. The number of likely N-dealkylation sites (tertiary alicyclic amines) is 2. The summed E-state index contributed by atoms with van der Waals surface area (Å²) in [6.07, 6.45) is 3.57. The van der Waals surface area contributed by atoms with E-state index < -0.39 is 35.5 Å². The van der Waals surface area contributed by atoms with Crippen molar-refractivity contribution in [1.29, 1.82) is 0 Å². The summed E-state index contributed by atoms with van der Waals surface area (Å²) >= 11 is 0. The van der Waals surface area contributed by atoms with Crippen LogP contribution < -0.4 is 0 Å². The molecule has 6 atom stereocenters. The van der Waals surface area contributed by atoms with Crippen LogP contribution in [-0.4, -0.2) is 69.9 Å². The standard InChI is InChI=1S/C16H18N2O6/c19-5-3-17-13(21)9-7-1-2-8(11(9)15(17)23)12-10(7)14(22)18(4-6-20)16(12)24/h1-2,7-12,19-20H,3-6H2/t7?,8?,9-,10-,11-,12+/m1/s1. The number of β-amino-alcohol motifs (C(OH)–C–C–N with tert-alkyl or cyclic N) is 2. The summed E-state index contributed by atoms with van der Waals surface area (Å²) in [6.45, 7) is -0.737. The third kappa shape index (κ3) is 1.70. The SMILES string of the molecule is O=C1[C@@H]2C3C=CC([C@H]2C(=O)N1CCO)[C@@H]1C(=O)N(CCO)C(=O)[C@H]31. The topological polar surface area (TPSA) is 115 Å². The van der Waals surface area contributed by atoms with E-state index >= 15 is 0 Å². The van der Waals surface area contributed by atoms with E-state index in [1.54, 1.807) is 12.2 Å². The molecule has 2 saturated heterocycles. The van der Waals surface area contributed by atoms with Gasteiger partial charge in [-0.3, -0.25) is 29.0 Å². The number of carbonyl (C=O) groups excluding carboxylic acids is 4. The van der Waals surface area contributed by atoms with Crippen LogP contribution in [0.15, 0.2) is 12.2 Å². The first kappa shape index (κ1) is 15.5. The molecule has 2 bridgehead atoms. The van der Waals surface area contributed by atoms with E-state index in [0.717, 1.165) is 9.80 Å². The summed E-state index contributed by atoms with van der Waals surface area (Å²) < 4.78 is 0. The molecular formula is C16H18N2O6. The second-order valence-electron chi connectivity index (χ2n) is 6.75. The van der Waals surface area contributed by atoms with Crippen molar-refractivity contribution in [1.82, 2.24) is 9.80 Å². The number of rotatable bonds is 4. The first-order chi connectivity index (χ1) is 11.5. The number of carbonyl (C=O) groups is 4. The zero-order chi connectivity index (χ0) is 17.2. The third-order valence-corrected chi connectivity index (χ3v) is 5.84. The van der Waals surface area contributed by atoms with Crippen LogP contribution in [0.3, 0.4) is 0 Å². The molecule has 2 aliphatic heterocycles. The van der Waals surface area contributed by atoms with Gasteiger partial charge in [-0.05, 0) is 0 Å². The zero-order valence-electron chi connectivity index (χ0n) is 12.9. The molecule has 5 aliphatic rings. The summed E-state index contributed by atoms with van der Waals surface area (Å²) in [6, 6.07) is 0. The van der Waals surface area contributed by atoms with Crippen molar-refractivity contribution in [2.75, 3.05) is 26.3 Å². The molecule has 0 aromatic heterocycles. The molecule has 128 valence electrons. The molecule has 5 rings (SSSR count). The zero-order valence-corrected chi connectivity index (χ0v) is 12.9. The quantitative estimate of drug-likeness (QED) is 0.453. The van der Waals surface area contributed by atoms with E-state index in [1.165, 1.54) is 0 Å². The van der Waals surface area contributed by atoms with E-state index in [9.17, 15) is 19.2 Å². The predicted molar refractivity (Wildman–Crippen MR) is 77.7 cm³/mol. The van der Waals surface area contributed by atoms with Crippen molar-refractivity contribution in [3.63, 3.8) is 0 Å². The Bertz CT molecular complexity index is 573. The monoisotopic (exact) mass is 334 g/mol. The first-order valence-corrected chi connectivity index (χ1v) is 8.13. The molecule has 2 heterocycles. The highest BCUT2D eigenvalue weighted by molar-refractivity contribution is 6.10. The third-order valence-electron chi connectivity index (χ3n) is 5.84. The van der Waals surface area contributed by atoms with Crippen molar-refractivity contribution in [2.45, 2.75) is 0 Å². The summed E-state index contributed by atoms with van der Waals surface area (Å²) in [5, 5.41) is 18.2. The molecular weight excluding hydrogens is 316 g/mol. The molecule has 0 spiro atoms. The van der Waals surface area contributed by atoms with Gasteiger partial charge in [0.1, 0.15) is 0 Å². The van der Waals surface area contributed by atoms with E-state index in [-0.39, 0.29) is 49.9 Å². The van der Waals surface area contributed by atoms with Gasteiger partial charge in [-0.25, -0.2) is 0 Å². The van der Waals surface area contributed by atoms with Crippen LogP contribution in [0.1, 0.15) is 0 Å². The number of amides is 4. The van der Waals surface area contributed by atoms with Crippen LogP contribution in [0.2, 0.25) is 0 Å². The Morgan fingerprint density at radius 1 is 0.667 bits per heavy atom. The Kier molecular flexibility index (Phi) is 3.36. The van der Waals surface area contributed by atoms with E-state index in [1.807, 2.05) is 0 Å². The van der Waals surface area contributed by atoms with Crippen LogP contribution in [0.5, 0.6) is 0 Å². The fraction of sp³-hybridized carbons (Fsp3) is 0.625. The van der Waals surface area contributed by atoms with Crippen LogP contribution >= 0.6 is 0 Å². The molecule has 3 aliphatic carbocycles. The smallest absolute Gasteiger partial charge is 0.233 e. The van der Waals surface area contributed by atoms with Gasteiger partial charge < -0.3 is 10.2 Å². The normalized spacial score (nSPS) is 39.9. The van der Waals surface area contributed by atoms with Gasteiger partial charge in [0.25, 0.3) is 0 Å². The Morgan fingerprint density at radius 2 is 0.958 bits per heavy atom. The Balaban J connectivity index is 1.74. The molecule has 4 amide bonds. The molecule has 8 nitrogen and oxygen atoms in total. The van der Waals surface area contributed by atoms with Gasteiger partial charge in [-0.15, -0.1) is 0 Å². The number of allylic oxidation sites excluding steroid dienone is 2. The molecule has 2 N–H and O–H groups in total. The Morgan fingerprint density at radius 3 is 1.21 bits per heavy atom. The van der Waals surface area contributed by atoms with Crippen LogP contribution in [0.4, 0.5) is 0 Å². The van der Waals surface area contributed by atoms with Crippen molar-refractivity contribution >= 4 is 23.6 Å². The summed E-state index contributed by atoms with van der Waals surface area (Å²) in [5.74, 6) is -4.95. The van der Waals surface area contributed by atoms with Gasteiger partial charge in [0.15, 0.2) is 0 Å². The number of hydrogen-bond acceptors (Lipinski definition) is 6. The van der Waals surface area contributed by atoms with Gasteiger partial charge in [-0.2, -0.15) is 0 Å². The highest BCUT2D eigenvalue weighted by Gasteiger charge is 2.68. The van der Waals surface area contributed by atoms with Crippen molar-refractivity contribution in [2.24, 2.45) is 35.5 Å². The first-order valence-electron chi connectivity index (χ1n) is 8.13. The molecule has 0 radical (unpaired) electrons. The predicted octanol–water partition coefficient (Wildman–Crippen LogP) is -2.01. The summed E-state index contributed by atoms with van der Waals surface area (Å²) in [7, 11) is 0. The minimum atomic E-state index is -0.633. The molecule has 3 fully saturated rings.